The summed E-state index contributed by atoms with van der Waals surface area (Å²) in [5.74, 6) is 0. The Morgan fingerprint density at radius 3 is 1.80 bits per heavy atom. The number of hydrogen-bond acceptors (Lipinski definition) is 1. The summed E-state index contributed by atoms with van der Waals surface area (Å²) in [6.45, 7) is 2.24. The Kier molecular flexibility index (Phi) is 6.85. The molecule has 0 bridgehead atoms. The van der Waals surface area contributed by atoms with Crippen LogP contribution in [-0.2, 0) is 6.42 Å². The van der Waals surface area contributed by atoms with E-state index < -0.39 is 0 Å². The normalized spacial score (nSPS) is 11.3. The van der Waals surface area contributed by atoms with E-state index in [1.807, 2.05) is 0 Å². The Morgan fingerprint density at radius 2 is 1.02 bits per heavy atom. The van der Waals surface area contributed by atoms with Crippen molar-refractivity contribution in [3.05, 3.63) is 175 Å². The number of fused-ring (bicyclic) bond motifs is 4. The SMILES string of the molecule is CCc1ccc(N(c2ccc(-c3ccc4ccccc4c3)cc2)c2cc3ccccc3c3ccccc23)cc1-c1ccccc1. The van der Waals surface area contributed by atoms with Gasteiger partial charge in [0.05, 0.1) is 5.69 Å². The third kappa shape index (κ3) is 4.93. The third-order valence-electron chi connectivity index (χ3n) is 9.01. The van der Waals surface area contributed by atoms with Crippen molar-refractivity contribution in [3.8, 4) is 22.3 Å². The van der Waals surface area contributed by atoms with Crippen LogP contribution in [0.25, 0.3) is 54.6 Å². The van der Waals surface area contributed by atoms with Gasteiger partial charge < -0.3 is 4.90 Å². The molecule has 0 aliphatic heterocycles. The number of aryl methyl sites for hydroxylation is 1. The van der Waals surface area contributed by atoms with Crippen molar-refractivity contribution in [1.29, 1.82) is 0 Å². The Balaban J connectivity index is 1.34. The summed E-state index contributed by atoms with van der Waals surface area (Å²) >= 11 is 0. The molecule has 8 aromatic rings. The Bertz CT molecular complexity index is 2300. The summed E-state index contributed by atoms with van der Waals surface area (Å²) in [6, 6.07) is 61.9. The summed E-state index contributed by atoms with van der Waals surface area (Å²) < 4.78 is 0. The first-order valence-electron chi connectivity index (χ1n) is 15.7. The van der Waals surface area contributed by atoms with E-state index in [2.05, 4.69) is 182 Å². The molecule has 0 radical (unpaired) electrons. The minimum atomic E-state index is 0.976. The number of nitrogens with zero attached hydrogens (tertiary/aromatic N) is 1. The van der Waals surface area contributed by atoms with Gasteiger partial charge in [0.2, 0.25) is 0 Å². The third-order valence-corrected chi connectivity index (χ3v) is 9.01. The van der Waals surface area contributed by atoms with Crippen LogP contribution in [0.1, 0.15) is 12.5 Å². The molecule has 0 aliphatic carbocycles. The highest BCUT2D eigenvalue weighted by Crippen LogP contribution is 2.43. The van der Waals surface area contributed by atoms with Gasteiger partial charge in [0.15, 0.2) is 0 Å². The summed E-state index contributed by atoms with van der Waals surface area (Å²) in [6.07, 6.45) is 0.976. The maximum absolute atomic E-state index is 2.44. The first-order chi connectivity index (χ1) is 22.3. The van der Waals surface area contributed by atoms with Gasteiger partial charge in [-0.3, -0.25) is 0 Å². The van der Waals surface area contributed by atoms with Crippen molar-refractivity contribution in [1.82, 2.24) is 0 Å². The van der Waals surface area contributed by atoms with Gasteiger partial charge in [-0.25, -0.2) is 0 Å². The van der Waals surface area contributed by atoms with E-state index in [1.165, 1.54) is 65.8 Å². The van der Waals surface area contributed by atoms with Gasteiger partial charge in [-0.2, -0.15) is 0 Å². The molecule has 0 spiro atoms. The number of anilines is 3. The number of benzene rings is 8. The van der Waals surface area contributed by atoms with Gasteiger partial charge in [0, 0.05) is 16.8 Å². The topological polar surface area (TPSA) is 3.24 Å². The van der Waals surface area contributed by atoms with E-state index in [1.54, 1.807) is 0 Å². The zero-order valence-electron chi connectivity index (χ0n) is 25.3. The molecule has 0 N–H and O–H groups in total. The molecular formula is C44H33N. The molecule has 8 rings (SSSR count). The molecule has 0 saturated heterocycles. The van der Waals surface area contributed by atoms with Crippen molar-refractivity contribution in [2.24, 2.45) is 0 Å². The fourth-order valence-electron chi connectivity index (χ4n) is 6.72. The van der Waals surface area contributed by atoms with Crippen LogP contribution in [0.3, 0.4) is 0 Å². The van der Waals surface area contributed by atoms with Crippen LogP contribution in [-0.4, -0.2) is 0 Å². The summed E-state index contributed by atoms with van der Waals surface area (Å²) in [7, 11) is 0. The van der Waals surface area contributed by atoms with Crippen molar-refractivity contribution in [3.63, 3.8) is 0 Å². The zero-order chi connectivity index (χ0) is 30.2. The predicted molar refractivity (Wildman–Crippen MR) is 194 cm³/mol. The standard InChI is InChI=1S/C44H33N/c1-2-31-22-27-39(30-43(31)34-13-4-3-5-14-34)45(44-29-37-16-8-9-17-40(37)41-18-10-11-19-42(41)44)38-25-23-33(24-26-38)36-21-20-32-12-6-7-15-35(32)28-36/h3-30H,2H2,1H3. The molecule has 0 aliphatic rings. The minimum Gasteiger partial charge on any atom is -0.310 e. The van der Waals surface area contributed by atoms with Gasteiger partial charge >= 0.3 is 0 Å². The Morgan fingerprint density at radius 1 is 0.400 bits per heavy atom. The van der Waals surface area contributed by atoms with E-state index in [-0.39, 0.29) is 0 Å². The van der Waals surface area contributed by atoms with Crippen molar-refractivity contribution in [2.75, 3.05) is 4.90 Å². The fraction of sp³-hybridized carbons (Fsp3) is 0.0455. The molecule has 0 aromatic heterocycles. The monoisotopic (exact) mass is 575 g/mol. The van der Waals surface area contributed by atoms with Gasteiger partial charge in [-0.1, -0.05) is 140 Å². The number of hydrogen-bond donors (Lipinski definition) is 0. The lowest BCUT2D eigenvalue weighted by atomic mass is 9.95. The van der Waals surface area contributed by atoms with Crippen LogP contribution in [0.4, 0.5) is 17.1 Å². The molecule has 0 atom stereocenters. The summed E-state index contributed by atoms with van der Waals surface area (Å²) in [5.41, 5.74) is 9.74. The molecule has 45 heavy (non-hydrogen) atoms. The smallest absolute Gasteiger partial charge is 0.0546 e. The largest absolute Gasteiger partial charge is 0.310 e. The van der Waals surface area contributed by atoms with Gasteiger partial charge in [0.25, 0.3) is 0 Å². The van der Waals surface area contributed by atoms with Gasteiger partial charge in [0.1, 0.15) is 0 Å². The van der Waals surface area contributed by atoms with Crippen LogP contribution in [0, 0.1) is 0 Å². The minimum absolute atomic E-state index is 0.976. The quantitative estimate of drug-likeness (QED) is 0.178. The molecular weight excluding hydrogens is 542 g/mol. The second-order valence-corrected chi connectivity index (χ2v) is 11.7. The van der Waals surface area contributed by atoms with Crippen LogP contribution < -0.4 is 4.90 Å². The van der Waals surface area contributed by atoms with E-state index in [4.69, 9.17) is 0 Å². The van der Waals surface area contributed by atoms with Crippen LogP contribution in [0.15, 0.2) is 170 Å². The van der Waals surface area contributed by atoms with Crippen LogP contribution in [0.5, 0.6) is 0 Å². The molecule has 0 saturated carbocycles. The highest BCUT2D eigenvalue weighted by Gasteiger charge is 2.19. The van der Waals surface area contributed by atoms with E-state index in [0.29, 0.717) is 0 Å². The Hall–Kier alpha value is -5.66. The molecule has 8 aromatic carbocycles. The molecule has 0 fully saturated rings. The molecule has 0 amide bonds. The highest BCUT2D eigenvalue weighted by molar-refractivity contribution is 6.14. The fourth-order valence-corrected chi connectivity index (χ4v) is 6.72. The van der Waals surface area contributed by atoms with Gasteiger partial charge in [-0.05, 0) is 97.6 Å². The highest BCUT2D eigenvalue weighted by atomic mass is 15.1. The average molecular weight is 576 g/mol. The summed E-state index contributed by atoms with van der Waals surface area (Å²) in [4.78, 5) is 2.44. The second kappa shape index (κ2) is 11.4. The van der Waals surface area contributed by atoms with E-state index in [9.17, 15) is 0 Å². The van der Waals surface area contributed by atoms with Crippen molar-refractivity contribution in [2.45, 2.75) is 13.3 Å². The molecule has 214 valence electrons. The Labute approximate surface area is 264 Å². The van der Waals surface area contributed by atoms with E-state index in [0.717, 1.165) is 17.8 Å². The van der Waals surface area contributed by atoms with Crippen molar-refractivity contribution >= 4 is 49.4 Å². The first kappa shape index (κ1) is 26.9. The molecule has 1 nitrogen and oxygen atoms in total. The average Bonchev–Trinajstić information content (AvgIpc) is 3.12. The molecule has 0 heterocycles. The second-order valence-electron chi connectivity index (χ2n) is 11.7. The van der Waals surface area contributed by atoms with Crippen molar-refractivity contribution < 1.29 is 0 Å². The molecule has 1 heteroatoms. The summed E-state index contributed by atoms with van der Waals surface area (Å²) in [5, 5.41) is 7.52. The maximum atomic E-state index is 2.44. The zero-order valence-corrected chi connectivity index (χ0v) is 25.3. The van der Waals surface area contributed by atoms with Crippen LogP contribution in [0.2, 0.25) is 0 Å². The van der Waals surface area contributed by atoms with Gasteiger partial charge in [-0.15, -0.1) is 0 Å². The lowest BCUT2D eigenvalue weighted by molar-refractivity contribution is 1.14. The van der Waals surface area contributed by atoms with Crippen LogP contribution >= 0.6 is 0 Å². The lowest BCUT2D eigenvalue weighted by Gasteiger charge is -2.28. The number of rotatable bonds is 6. The maximum Gasteiger partial charge on any atom is 0.0546 e. The van der Waals surface area contributed by atoms with E-state index >= 15 is 0 Å². The lowest BCUT2D eigenvalue weighted by Crippen LogP contribution is -2.11. The predicted octanol–water partition coefficient (Wildman–Crippen LogP) is 12.5. The first-order valence-corrected chi connectivity index (χ1v) is 15.7. The molecule has 0 unspecified atom stereocenters.